The Hall–Kier alpha value is -2.08. The highest BCUT2D eigenvalue weighted by Crippen LogP contribution is 2.46. The van der Waals surface area contributed by atoms with E-state index in [1.807, 2.05) is 0 Å². The van der Waals surface area contributed by atoms with Crippen molar-refractivity contribution in [2.24, 2.45) is 5.41 Å². The highest BCUT2D eigenvalue weighted by atomic mass is 14.3. The maximum atomic E-state index is 2.44. The van der Waals surface area contributed by atoms with Crippen LogP contribution in [0.3, 0.4) is 0 Å². The maximum absolute atomic E-state index is 2.44. The van der Waals surface area contributed by atoms with E-state index in [0.29, 0.717) is 0 Å². The van der Waals surface area contributed by atoms with Gasteiger partial charge in [-0.3, -0.25) is 0 Å². The van der Waals surface area contributed by atoms with Gasteiger partial charge in [0.15, 0.2) is 0 Å². The number of rotatable bonds is 1. The molecule has 0 saturated carbocycles. The zero-order valence-electron chi connectivity index (χ0n) is 14.5. The van der Waals surface area contributed by atoms with Crippen molar-refractivity contribution < 1.29 is 0 Å². The fourth-order valence-corrected chi connectivity index (χ4v) is 4.29. The molecule has 2 aliphatic carbocycles. The molecule has 2 aliphatic rings. The second kappa shape index (κ2) is 4.96. The number of allylic oxidation sites excluding steroid dienone is 4. The second-order valence-electron chi connectivity index (χ2n) is 7.84. The van der Waals surface area contributed by atoms with Crippen LogP contribution in [0.25, 0.3) is 16.7 Å². The Morgan fingerprint density at radius 1 is 0.826 bits per heavy atom. The van der Waals surface area contributed by atoms with Gasteiger partial charge >= 0.3 is 0 Å². The molecule has 0 heterocycles. The van der Waals surface area contributed by atoms with Crippen LogP contribution < -0.4 is 0 Å². The molecule has 4 rings (SSSR count). The Morgan fingerprint density at radius 2 is 1.52 bits per heavy atom. The largest absolute Gasteiger partial charge is 0.0761 e. The second-order valence-corrected chi connectivity index (χ2v) is 7.84. The molecule has 0 nitrogen and oxygen atoms in total. The third kappa shape index (κ3) is 2.20. The van der Waals surface area contributed by atoms with E-state index in [2.05, 4.69) is 76.2 Å². The van der Waals surface area contributed by atoms with Crippen molar-refractivity contribution in [3.8, 4) is 11.1 Å². The van der Waals surface area contributed by atoms with E-state index < -0.39 is 0 Å². The normalized spacial score (nSPS) is 16.4. The summed E-state index contributed by atoms with van der Waals surface area (Å²) in [6, 6.07) is 15.7. The number of hydrogen-bond acceptors (Lipinski definition) is 0. The molecule has 0 spiro atoms. The minimum atomic E-state index is 0.229. The van der Waals surface area contributed by atoms with Crippen molar-refractivity contribution in [1.29, 1.82) is 0 Å². The monoisotopic (exact) mass is 300 g/mol. The lowest BCUT2D eigenvalue weighted by Gasteiger charge is -2.22. The van der Waals surface area contributed by atoms with Gasteiger partial charge in [0.2, 0.25) is 0 Å². The molecule has 0 unspecified atom stereocenters. The number of hydrogen-bond donors (Lipinski definition) is 0. The molecule has 23 heavy (non-hydrogen) atoms. The third-order valence-corrected chi connectivity index (χ3v) is 5.35. The van der Waals surface area contributed by atoms with E-state index in [1.165, 1.54) is 44.5 Å². The van der Waals surface area contributed by atoms with E-state index in [9.17, 15) is 0 Å². The van der Waals surface area contributed by atoms with Crippen LogP contribution in [0.15, 0.2) is 59.7 Å². The van der Waals surface area contributed by atoms with Gasteiger partial charge in [0.1, 0.15) is 0 Å². The van der Waals surface area contributed by atoms with E-state index in [-0.39, 0.29) is 5.41 Å². The lowest BCUT2D eigenvalue weighted by Crippen LogP contribution is -2.09. The third-order valence-electron chi connectivity index (χ3n) is 5.35. The molecule has 0 bridgehead atoms. The summed E-state index contributed by atoms with van der Waals surface area (Å²) in [5.74, 6) is 0. The molecule has 0 saturated heterocycles. The Labute approximate surface area is 139 Å². The molecular formula is C23H24. The highest BCUT2D eigenvalue weighted by Gasteiger charge is 2.28. The minimum absolute atomic E-state index is 0.229. The molecule has 0 aliphatic heterocycles. The van der Waals surface area contributed by atoms with Crippen molar-refractivity contribution in [2.45, 2.75) is 40.5 Å². The summed E-state index contributed by atoms with van der Waals surface area (Å²) < 4.78 is 0. The summed E-state index contributed by atoms with van der Waals surface area (Å²) in [6.45, 7) is 9.25. The fraction of sp³-hybridized carbons (Fsp3) is 0.304. The van der Waals surface area contributed by atoms with Crippen molar-refractivity contribution in [2.75, 3.05) is 0 Å². The molecule has 0 fully saturated rings. The van der Waals surface area contributed by atoms with Crippen LogP contribution in [-0.4, -0.2) is 0 Å². The topological polar surface area (TPSA) is 0 Å². The van der Waals surface area contributed by atoms with Crippen LogP contribution in [0.4, 0.5) is 0 Å². The predicted octanol–water partition coefficient (Wildman–Crippen LogP) is 6.41. The van der Waals surface area contributed by atoms with Gasteiger partial charge in [-0.1, -0.05) is 69.3 Å². The standard InChI is InChI=1S/C23H24/c1-15-17(12-13-22(15)23(2,3)4)19-10-7-11-20-18-9-6-5-8-16(18)14-21(19)20/h5-11,13H,12,14H2,1-4H3. The summed E-state index contributed by atoms with van der Waals surface area (Å²) in [4.78, 5) is 0. The molecule has 0 aromatic heterocycles. The van der Waals surface area contributed by atoms with Crippen molar-refractivity contribution in [1.82, 2.24) is 0 Å². The van der Waals surface area contributed by atoms with Crippen molar-refractivity contribution in [3.05, 3.63) is 76.4 Å². The SMILES string of the molecule is CC1=C(c2cccc3c2Cc2ccccc2-3)CC=C1C(C)(C)C. The van der Waals surface area contributed by atoms with Gasteiger partial charge in [0, 0.05) is 0 Å². The van der Waals surface area contributed by atoms with E-state index >= 15 is 0 Å². The van der Waals surface area contributed by atoms with Gasteiger partial charge in [-0.2, -0.15) is 0 Å². The number of fused-ring (bicyclic) bond motifs is 3. The van der Waals surface area contributed by atoms with Gasteiger partial charge in [-0.25, -0.2) is 0 Å². The Morgan fingerprint density at radius 3 is 2.26 bits per heavy atom. The minimum Gasteiger partial charge on any atom is -0.0761 e. The predicted molar refractivity (Wildman–Crippen MR) is 99.4 cm³/mol. The molecule has 0 radical (unpaired) electrons. The van der Waals surface area contributed by atoms with Crippen LogP contribution in [0.2, 0.25) is 0 Å². The first-order valence-electron chi connectivity index (χ1n) is 8.58. The molecule has 116 valence electrons. The van der Waals surface area contributed by atoms with Gasteiger partial charge in [-0.05, 0) is 69.7 Å². The van der Waals surface area contributed by atoms with Gasteiger partial charge in [0.05, 0.1) is 0 Å². The van der Waals surface area contributed by atoms with Gasteiger partial charge < -0.3 is 0 Å². The van der Waals surface area contributed by atoms with Crippen LogP contribution >= 0.6 is 0 Å². The number of benzene rings is 2. The molecule has 0 amide bonds. The zero-order chi connectivity index (χ0) is 16.2. The molecule has 2 aromatic carbocycles. The van der Waals surface area contributed by atoms with Crippen molar-refractivity contribution in [3.63, 3.8) is 0 Å². The van der Waals surface area contributed by atoms with Gasteiger partial charge in [-0.15, -0.1) is 0 Å². The maximum Gasteiger partial charge on any atom is -0.000740 e. The van der Waals surface area contributed by atoms with Crippen LogP contribution in [0.1, 0.15) is 50.8 Å². The van der Waals surface area contributed by atoms with E-state index in [1.54, 1.807) is 0 Å². The van der Waals surface area contributed by atoms with E-state index in [0.717, 1.165) is 12.8 Å². The Balaban J connectivity index is 1.84. The molecular weight excluding hydrogens is 276 g/mol. The zero-order valence-corrected chi connectivity index (χ0v) is 14.5. The first kappa shape index (κ1) is 14.5. The lowest BCUT2D eigenvalue weighted by molar-refractivity contribution is 0.512. The van der Waals surface area contributed by atoms with Gasteiger partial charge in [0.25, 0.3) is 0 Å². The summed E-state index contributed by atoms with van der Waals surface area (Å²) in [6.07, 6.45) is 4.58. The molecule has 0 atom stereocenters. The molecule has 0 heteroatoms. The lowest BCUT2D eigenvalue weighted by atomic mass is 9.82. The molecule has 2 aromatic rings. The Kier molecular flexibility index (Phi) is 3.13. The summed E-state index contributed by atoms with van der Waals surface area (Å²) >= 11 is 0. The fourth-order valence-electron chi connectivity index (χ4n) is 4.29. The quantitative estimate of drug-likeness (QED) is 0.487. The average Bonchev–Trinajstić information content (AvgIpc) is 3.07. The average molecular weight is 300 g/mol. The summed E-state index contributed by atoms with van der Waals surface area (Å²) in [5, 5.41) is 0. The Bertz CT molecular complexity index is 854. The summed E-state index contributed by atoms with van der Waals surface area (Å²) in [7, 11) is 0. The smallest absolute Gasteiger partial charge is 0.000740 e. The molecule has 0 N–H and O–H groups in total. The van der Waals surface area contributed by atoms with E-state index in [4.69, 9.17) is 0 Å². The highest BCUT2D eigenvalue weighted by molar-refractivity contribution is 5.86. The first-order chi connectivity index (χ1) is 11.0. The van der Waals surface area contributed by atoms with Crippen LogP contribution in [-0.2, 0) is 6.42 Å². The van der Waals surface area contributed by atoms with Crippen LogP contribution in [0, 0.1) is 5.41 Å². The summed E-state index contributed by atoms with van der Waals surface area (Å²) in [5.41, 5.74) is 12.1. The van der Waals surface area contributed by atoms with Crippen LogP contribution in [0.5, 0.6) is 0 Å². The first-order valence-corrected chi connectivity index (χ1v) is 8.58. The van der Waals surface area contributed by atoms with Crippen molar-refractivity contribution >= 4 is 5.57 Å².